The third-order valence-electron chi connectivity index (χ3n) is 3.03. The van der Waals surface area contributed by atoms with Crippen molar-refractivity contribution >= 4 is 0 Å². The molecule has 1 unspecified atom stereocenters. The molecule has 0 spiro atoms. The van der Waals surface area contributed by atoms with E-state index in [1.54, 1.807) is 0 Å². The molecule has 0 saturated carbocycles. The molecule has 0 bridgehead atoms. The lowest BCUT2D eigenvalue weighted by Crippen LogP contribution is -2.45. The van der Waals surface area contributed by atoms with E-state index >= 15 is 0 Å². The number of aryl methyl sites for hydroxylation is 1. The summed E-state index contributed by atoms with van der Waals surface area (Å²) in [5.74, 6) is 0. The van der Waals surface area contributed by atoms with E-state index in [-0.39, 0.29) is 6.10 Å². The van der Waals surface area contributed by atoms with Gasteiger partial charge in [0.25, 0.3) is 0 Å². The minimum atomic E-state index is 0.189. The Balaban J connectivity index is 1.86. The first-order valence-electron chi connectivity index (χ1n) is 6.37. The van der Waals surface area contributed by atoms with Gasteiger partial charge in [-0.1, -0.05) is 6.92 Å². The van der Waals surface area contributed by atoms with Gasteiger partial charge in [0.15, 0.2) is 0 Å². The summed E-state index contributed by atoms with van der Waals surface area (Å²) in [6.45, 7) is 7.40. The van der Waals surface area contributed by atoms with Gasteiger partial charge >= 0.3 is 0 Å². The van der Waals surface area contributed by atoms with E-state index in [0.29, 0.717) is 6.54 Å². The lowest BCUT2D eigenvalue weighted by Gasteiger charge is -2.31. The highest BCUT2D eigenvalue weighted by atomic mass is 16.5. The average molecular weight is 238 g/mol. The fourth-order valence-corrected chi connectivity index (χ4v) is 2.16. The molecule has 1 aliphatic rings. The highest BCUT2D eigenvalue weighted by molar-refractivity contribution is 5.03. The molecule has 1 fully saturated rings. The zero-order valence-electron chi connectivity index (χ0n) is 10.5. The molecule has 2 heterocycles. The fraction of sp³-hybridized carbons (Fsp3) is 0.750. The van der Waals surface area contributed by atoms with Crippen molar-refractivity contribution in [2.45, 2.75) is 32.5 Å². The van der Waals surface area contributed by atoms with Crippen LogP contribution in [0, 0.1) is 0 Å². The van der Waals surface area contributed by atoms with Gasteiger partial charge in [0.05, 0.1) is 18.9 Å². The molecule has 96 valence electrons. The second-order valence-corrected chi connectivity index (χ2v) is 4.58. The number of hydrogen-bond acceptors (Lipinski definition) is 4. The van der Waals surface area contributed by atoms with Gasteiger partial charge in [-0.3, -0.25) is 9.58 Å². The summed E-state index contributed by atoms with van der Waals surface area (Å²) in [4.78, 5) is 2.38. The summed E-state index contributed by atoms with van der Waals surface area (Å²) in [6, 6.07) is 0. The first-order chi connectivity index (χ1) is 8.31. The van der Waals surface area contributed by atoms with Crippen molar-refractivity contribution in [1.29, 1.82) is 0 Å². The molecule has 2 N–H and O–H groups in total. The Morgan fingerprint density at radius 3 is 3.24 bits per heavy atom. The van der Waals surface area contributed by atoms with Crippen LogP contribution in [0.2, 0.25) is 0 Å². The number of rotatable bonds is 5. The van der Waals surface area contributed by atoms with E-state index in [9.17, 15) is 0 Å². The van der Waals surface area contributed by atoms with E-state index in [0.717, 1.165) is 39.2 Å². The summed E-state index contributed by atoms with van der Waals surface area (Å²) >= 11 is 0. The highest BCUT2D eigenvalue weighted by Crippen LogP contribution is 2.09. The zero-order valence-corrected chi connectivity index (χ0v) is 10.5. The lowest BCUT2D eigenvalue weighted by molar-refractivity contribution is -0.0260. The molecule has 1 atom stereocenters. The van der Waals surface area contributed by atoms with Gasteiger partial charge in [0.1, 0.15) is 0 Å². The lowest BCUT2D eigenvalue weighted by atomic mass is 10.2. The van der Waals surface area contributed by atoms with Crippen LogP contribution in [0.3, 0.4) is 0 Å². The first kappa shape index (κ1) is 12.5. The summed E-state index contributed by atoms with van der Waals surface area (Å²) < 4.78 is 7.56. The third kappa shape index (κ3) is 3.52. The molecule has 17 heavy (non-hydrogen) atoms. The van der Waals surface area contributed by atoms with Crippen LogP contribution in [-0.4, -0.2) is 47.0 Å². The summed E-state index contributed by atoms with van der Waals surface area (Å²) in [5, 5.41) is 4.34. The van der Waals surface area contributed by atoms with Gasteiger partial charge in [0.2, 0.25) is 0 Å². The Labute approximate surface area is 103 Å². The molecule has 0 aromatic carbocycles. The topological polar surface area (TPSA) is 56.3 Å². The molecule has 1 aromatic heterocycles. The van der Waals surface area contributed by atoms with Crippen LogP contribution in [0.15, 0.2) is 12.4 Å². The normalized spacial score (nSPS) is 21.9. The Kier molecular flexibility index (Phi) is 4.53. The van der Waals surface area contributed by atoms with Crippen molar-refractivity contribution in [1.82, 2.24) is 14.7 Å². The highest BCUT2D eigenvalue weighted by Gasteiger charge is 2.19. The van der Waals surface area contributed by atoms with Crippen LogP contribution in [-0.2, 0) is 17.8 Å². The smallest absolute Gasteiger partial charge is 0.0824 e. The molecule has 0 radical (unpaired) electrons. The number of ether oxygens (including phenoxy) is 1. The largest absolute Gasteiger partial charge is 0.374 e. The van der Waals surface area contributed by atoms with E-state index in [1.165, 1.54) is 5.56 Å². The minimum Gasteiger partial charge on any atom is -0.374 e. The third-order valence-corrected chi connectivity index (χ3v) is 3.03. The van der Waals surface area contributed by atoms with Crippen molar-refractivity contribution in [3.63, 3.8) is 0 Å². The average Bonchev–Trinajstić information content (AvgIpc) is 2.77. The van der Waals surface area contributed by atoms with E-state index in [1.807, 2.05) is 10.9 Å². The molecule has 5 nitrogen and oxygen atoms in total. The van der Waals surface area contributed by atoms with E-state index in [4.69, 9.17) is 10.5 Å². The molecule has 0 aliphatic carbocycles. The quantitative estimate of drug-likeness (QED) is 0.809. The van der Waals surface area contributed by atoms with Crippen LogP contribution in [0.4, 0.5) is 0 Å². The number of hydrogen-bond donors (Lipinski definition) is 1. The minimum absolute atomic E-state index is 0.189. The Bertz CT molecular complexity index is 339. The predicted octanol–water partition coefficient (Wildman–Crippen LogP) is 0.453. The van der Waals surface area contributed by atoms with Gasteiger partial charge < -0.3 is 10.5 Å². The van der Waals surface area contributed by atoms with Crippen molar-refractivity contribution in [2.24, 2.45) is 5.73 Å². The molecular weight excluding hydrogens is 216 g/mol. The first-order valence-corrected chi connectivity index (χ1v) is 6.37. The zero-order chi connectivity index (χ0) is 12.1. The monoisotopic (exact) mass is 238 g/mol. The maximum absolute atomic E-state index is 5.63. The molecule has 0 amide bonds. The number of nitrogens with zero attached hydrogens (tertiary/aromatic N) is 3. The van der Waals surface area contributed by atoms with Crippen molar-refractivity contribution in [3.05, 3.63) is 18.0 Å². The van der Waals surface area contributed by atoms with Crippen LogP contribution in [0.1, 0.15) is 18.9 Å². The number of nitrogens with two attached hydrogens (primary N) is 1. The molecule has 1 aromatic rings. The van der Waals surface area contributed by atoms with Crippen molar-refractivity contribution in [3.8, 4) is 0 Å². The van der Waals surface area contributed by atoms with Crippen LogP contribution in [0.5, 0.6) is 0 Å². The van der Waals surface area contributed by atoms with E-state index < -0.39 is 0 Å². The Hall–Kier alpha value is -0.910. The molecule has 1 aliphatic heterocycles. The Morgan fingerprint density at radius 2 is 2.47 bits per heavy atom. The summed E-state index contributed by atoms with van der Waals surface area (Å²) in [6.07, 6.45) is 5.40. The fourth-order valence-electron chi connectivity index (χ4n) is 2.16. The van der Waals surface area contributed by atoms with Gasteiger partial charge in [-0.2, -0.15) is 5.10 Å². The number of morpholine rings is 1. The van der Waals surface area contributed by atoms with Crippen molar-refractivity contribution < 1.29 is 4.74 Å². The van der Waals surface area contributed by atoms with Gasteiger partial charge in [0, 0.05) is 44.5 Å². The maximum Gasteiger partial charge on any atom is 0.0824 e. The summed E-state index contributed by atoms with van der Waals surface area (Å²) in [7, 11) is 0. The van der Waals surface area contributed by atoms with Crippen molar-refractivity contribution in [2.75, 3.05) is 26.2 Å². The van der Waals surface area contributed by atoms with Gasteiger partial charge in [-0.15, -0.1) is 0 Å². The standard InChI is InChI=1S/C12H22N4O/c1-2-3-16-9-11(7-14-16)8-15-4-5-17-12(6-13)10-15/h7,9,12H,2-6,8,10,13H2,1H3. The molecule has 2 rings (SSSR count). The van der Waals surface area contributed by atoms with E-state index in [2.05, 4.69) is 23.1 Å². The molecular formula is C12H22N4O. The molecule has 1 saturated heterocycles. The summed E-state index contributed by atoms with van der Waals surface area (Å²) in [5.41, 5.74) is 6.91. The van der Waals surface area contributed by atoms with Crippen LogP contribution >= 0.6 is 0 Å². The maximum atomic E-state index is 5.63. The van der Waals surface area contributed by atoms with Crippen LogP contribution in [0.25, 0.3) is 0 Å². The second kappa shape index (κ2) is 6.14. The van der Waals surface area contributed by atoms with Crippen LogP contribution < -0.4 is 5.73 Å². The predicted molar refractivity (Wildman–Crippen MR) is 66.6 cm³/mol. The van der Waals surface area contributed by atoms with Gasteiger partial charge in [-0.25, -0.2) is 0 Å². The second-order valence-electron chi connectivity index (χ2n) is 4.58. The molecule has 5 heteroatoms. The SMILES string of the molecule is CCCn1cc(CN2CCOC(CN)C2)cn1. The van der Waals surface area contributed by atoms with Gasteiger partial charge in [-0.05, 0) is 6.42 Å². The Morgan fingerprint density at radius 1 is 1.59 bits per heavy atom. The number of aromatic nitrogens is 2.